The number of nitrogens with zero attached hydrogens (tertiary/aromatic N) is 4. The van der Waals surface area contributed by atoms with Gasteiger partial charge >= 0.3 is 0 Å². The maximum absolute atomic E-state index is 12.7. The molecule has 1 amide bonds. The molecule has 2 aromatic heterocycles. The SMILES string of the molecule is CCn1nc(C(=O)N(C)Cc2ccccc2)cc1-c1cccn1C. The van der Waals surface area contributed by atoms with E-state index in [1.54, 1.807) is 4.90 Å². The normalized spacial score (nSPS) is 10.8. The van der Waals surface area contributed by atoms with Gasteiger partial charge in [-0.15, -0.1) is 0 Å². The largest absolute Gasteiger partial charge is 0.349 e. The Bertz CT molecular complexity index is 832. The average Bonchev–Trinajstić information content (AvgIpc) is 3.20. The molecule has 0 unspecified atom stereocenters. The standard InChI is InChI=1S/C19H22N4O/c1-4-23-18(17-11-8-12-21(17)2)13-16(20-23)19(24)22(3)14-15-9-6-5-7-10-15/h5-13H,4,14H2,1-3H3. The Labute approximate surface area is 142 Å². The minimum atomic E-state index is -0.0680. The third-order valence-electron chi connectivity index (χ3n) is 4.11. The first-order valence-electron chi connectivity index (χ1n) is 8.09. The van der Waals surface area contributed by atoms with Gasteiger partial charge in [-0.2, -0.15) is 5.10 Å². The van der Waals surface area contributed by atoms with Crippen LogP contribution in [0.25, 0.3) is 11.4 Å². The first-order valence-corrected chi connectivity index (χ1v) is 8.09. The summed E-state index contributed by atoms with van der Waals surface area (Å²) in [7, 11) is 3.80. The fourth-order valence-corrected chi connectivity index (χ4v) is 2.82. The van der Waals surface area contributed by atoms with Crippen LogP contribution in [-0.2, 0) is 20.1 Å². The van der Waals surface area contributed by atoms with Gasteiger partial charge in [-0.3, -0.25) is 9.48 Å². The number of benzene rings is 1. The maximum atomic E-state index is 12.7. The molecular formula is C19H22N4O. The number of hydrogen-bond acceptors (Lipinski definition) is 2. The number of carbonyl (C=O) groups is 1. The van der Waals surface area contributed by atoms with E-state index in [9.17, 15) is 4.79 Å². The molecule has 0 spiro atoms. The van der Waals surface area contributed by atoms with E-state index in [1.807, 2.05) is 85.0 Å². The quantitative estimate of drug-likeness (QED) is 0.724. The first-order chi connectivity index (χ1) is 11.6. The Kier molecular flexibility index (Phi) is 4.51. The summed E-state index contributed by atoms with van der Waals surface area (Å²) in [4.78, 5) is 14.4. The van der Waals surface area contributed by atoms with E-state index < -0.39 is 0 Å². The Balaban J connectivity index is 1.85. The smallest absolute Gasteiger partial charge is 0.274 e. The second kappa shape index (κ2) is 6.74. The van der Waals surface area contributed by atoms with Gasteiger partial charge in [-0.25, -0.2) is 0 Å². The van der Waals surface area contributed by atoms with Crippen LogP contribution in [0.3, 0.4) is 0 Å². The molecular weight excluding hydrogens is 300 g/mol. The minimum absolute atomic E-state index is 0.0680. The highest BCUT2D eigenvalue weighted by atomic mass is 16.2. The lowest BCUT2D eigenvalue weighted by atomic mass is 10.2. The van der Waals surface area contributed by atoms with E-state index >= 15 is 0 Å². The van der Waals surface area contributed by atoms with Crippen LogP contribution in [0, 0.1) is 0 Å². The van der Waals surface area contributed by atoms with Gasteiger partial charge in [-0.05, 0) is 30.7 Å². The predicted octanol–water partition coefficient (Wildman–Crippen LogP) is 3.18. The second-order valence-corrected chi connectivity index (χ2v) is 5.88. The molecule has 0 aliphatic heterocycles. The second-order valence-electron chi connectivity index (χ2n) is 5.88. The van der Waals surface area contributed by atoms with Gasteiger partial charge in [-0.1, -0.05) is 30.3 Å². The van der Waals surface area contributed by atoms with Crippen molar-refractivity contribution in [1.82, 2.24) is 19.2 Å². The molecule has 124 valence electrons. The number of carbonyl (C=O) groups excluding carboxylic acids is 1. The van der Waals surface area contributed by atoms with Gasteiger partial charge in [0.25, 0.3) is 5.91 Å². The highest BCUT2D eigenvalue weighted by molar-refractivity contribution is 5.93. The number of aryl methyl sites for hydroxylation is 2. The fraction of sp³-hybridized carbons (Fsp3) is 0.263. The molecule has 2 heterocycles. The molecule has 3 rings (SSSR count). The molecule has 0 N–H and O–H groups in total. The van der Waals surface area contributed by atoms with Crippen LogP contribution in [0.2, 0.25) is 0 Å². The van der Waals surface area contributed by atoms with Crippen molar-refractivity contribution in [3.05, 3.63) is 66.0 Å². The van der Waals surface area contributed by atoms with Crippen molar-refractivity contribution in [2.75, 3.05) is 7.05 Å². The van der Waals surface area contributed by atoms with Gasteiger partial charge < -0.3 is 9.47 Å². The summed E-state index contributed by atoms with van der Waals surface area (Å²) in [5, 5.41) is 4.50. The van der Waals surface area contributed by atoms with Crippen molar-refractivity contribution in [3.63, 3.8) is 0 Å². The summed E-state index contributed by atoms with van der Waals surface area (Å²) in [5.74, 6) is -0.0680. The van der Waals surface area contributed by atoms with Crippen molar-refractivity contribution < 1.29 is 4.79 Å². The maximum Gasteiger partial charge on any atom is 0.274 e. The Morgan fingerprint density at radius 1 is 1.12 bits per heavy atom. The van der Waals surface area contributed by atoms with E-state index in [2.05, 4.69) is 5.10 Å². The monoisotopic (exact) mass is 322 g/mol. The molecule has 0 saturated heterocycles. The van der Waals surface area contributed by atoms with Crippen LogP contribution in [0.5, 0.6) is 0 Å². The number of aromatic nitrogens is 3. The van der Waals surface area contributed by atoms with Crippen LogP contribution >= 0.6 is 0 Å². The van der Waals surface area contributed by atoms with Gasteiger partial charge in [0.05, 0.1) is 11.4 Å². The summed E-state index contributed by atoms with van der Waals surface area (Å²) in [6, 6.07) is 15.9. The van der Waals surface area contributed by atoms with E-state index in [1.165, 1.54) is 0 Å². The minimum Gasteiger partial charge on any atom is -0.349 e. The van der Waals surface area contributed by atoms with E-state index in [0.717, 1.165) is 23.5 Å². The molecule has 0 bridgehead atoms. The molecule has 3 aromatic rings. The van der Waals surface area contributed by atoms with Crippen LogP contribution in [0.1, 0.15) is 23.0 Å². The zero-order valence-electron chi connectivity index (χ0n) is 14.3. The highest BCUT2D eigenvalue weighted by Crippen LogP contribution is 2.21. The molecule has 0 aliphatic carbocycles. The van der Waals surface area contributed by atoms with Crippen molar-refractivity contribution in [3.8, 4) is 11.4 Å². The van der Waals surface area contributed by atoms with Crippen molar-refractivity contribution in [1.29, 1.82) is 0 Å². The third kappa shape index (κ3) is 3.11. The fourth-order valence-electron chi connectivity index (χ4n) is 2.82. The van der Waals surface area contributed by atoms with E-state index in [4.69, 9.17) is 0 Å². The van der Waals surface area contributed by atoms with Crippen molar-refractivity contribution in [2.24, 2.45) is 7.05 Å². The zero-order chi connectivity index (χ0) is 17.1. The lowest BCUT2D eigenvalue weighted by Crippen LogP contribution is -2.26. The molecule has 1 aromatic carbocycles. The van der Waals surface area contributed by atoms with E-state index in [0.29, 0.717) is 12.2 Å². The molecule has 0 radical (unpaired) electrons. The average molecular weight is 322 g/mol. The van der Waals surface area contributed by atoms with Gasteiger partial charge in [0.15, 0.2) is 5.69 Å². The molecule has 5 heteroatoms. The highest BCUT2D eigenvalue weighted by Gasteiger charge is 2.19. The van der Waals surface area contributed by atoms with Crippen LogP contribution in [0.15, 0.2) is 54.7 Å². The summed E-state index contributed by atoms with van der Waals surface area (Å²) < 4.78 is 3.91. The van der Waals surface area contributed by atoms with Crippen LogP contribution in [0.4, 0.5) is 0 Å². The van der Waals surface area contributed by atoms with E-state index in [-0.39, 0.29) is 5.91 Å². The molecule has 5 nitrogen and oxygen atoms in total. The molecule has 24 heavy (non-hydrogen) atoms. The summed E-state index contributed by atoms with van der Waals surface area (Å²) >= 11 is 0. The summed E-state index contributed by atoms with van der Waals surface area (Å²) in [5.41, 5.74) is 3.59. The van der Waals surface area contributed by atoms with Crippen LogP contribution < -0.4 is 0 Å². The van der Waals surface area contributed by atoms with Crippen molar-refractivity contribution >= 4 is 5.91 Å². The molecule has 0 saturated carbocycles. The molecule has 0 atom stereocenters. The zero-order valence-corrected chi connectivity index (χ0v) is 14.3. The lowest BCUT2D eigenvalue weighted by Gasteiger charge is -2.15. The topological polar surface area (TPSA) is 43.1 Å². The number of amides is 1. The predicted molar refractivity (Wildman–Crippen MR) is 94.5 cm³/mol. The molecule has 0 fully saturated rings. The van der Waals surface area contributed by atoms with Gasteiger partial charge in [0.2, 0.25) is 0 Å². The first kappa shape index (κ1) is 16.1. The third-order valence-corrected chi connectivity index (χ3v) is 4.11. The lowest BCUT2D eigenvalue weighted by molar-refractivity contribution is 0.0778. The Morgan fingerprint density at radius 2 is 1.88 bits per heavy atom. The summed E-state index contributed by atoms with van der Waals surface area (Å²) in [6.45, 7) is 3.32. The Morgan fingerprint density at radius 3 is 2.50 bits per heavy atom. The van der Waals surface area contributed by atoms with Gasteiger partial charge in [0.1, 0.15) is 0 Å². The molecule has 0 aliphatic rings. The van der Waals surface area contributed by atoms with Crippen molar-refractivity contribution in [2.45, 2.75) is 20.0 Å². The van der Waals surface area contributed by atoms with Gasteiger partial charge in [0, 0.05) is 33.4 Å². The Hall–Kier alpha value is -2.82. The number of rotatable bonds is 5. The number of hydrogen-bond donors (Lipinski definition) is 0. The van der Waals surface area contributed by atoms with Crippen LogP contribution in [-0.4, -0.2) is 32.2 Å². The summed E-state index contributed by atoms with van der Waals surface area (Å²) in [6.07, 6.45) is 1.99.